The summed E-state index contributed by atoms with van der Waals surface area (Å²) in [7, 11) is 0. The summed E-state index contributed by atoms with van der Waals surface area (Å²) in [6.07, 6.45) is 3.46. The standard InChI is InChI=1S/C11H6N2O2S2/c14-9-8(17-11(15)13-9)4-6-5-16-10-7(6)2-1-3-12-10/h1-5H,(H,13,14,15)/b8-4-. The molecule has 84 valence electrons. The molecule has 1 aliphatic rings. The van der Waals surface area contributed by atoms with Gasteiger partial charge in [-0.3, -0.25) is 14.9 Å². The smallest absolute Gasteiger partial charge is 0.282 e. The highest BCUT2D eigenvalue weighted by Crippen LogP contribution is 2.30. The van der Waals surface area contributed by atoms with E-state index < -0.39 is 0 Å². The molecular formula is C11H6N2O2S2. The Morgan fingerprint density at radius 3 is 3.00 bits per heavy atom. The number of hydrogen-bond acceptors (Lipinski definition) is 5. The highest BCUT2D eigenvalue weighted by atomic mass is 32.2. The monoisotopic (exact) mass is 262 g/mol. The first-order valence-corrected chi connectivity index (χ1v) is 6.51. The van der Waals surface area contributed by atoms with Crippen LogP contribution in [0.4, 0.5) is 4.79 Å². The van der Waals surface area contributed by atoms with Gasteiger partial charge in [0.25, 0.3) is 11.1 Å². The van der Waals surface area contributed by atoms with E-state index in [4.69, 9.17) is 0 Å². The van der Waals surface area contributed by atoms with Crippen LogP contribution in [-0.4, -0.2) is 16.1 Å². The van der Waals surface area contributed by atoms with E-state index in [1.54, 1.807) is 12.3 Å². The number of amides is 2. The Hall–Kier alpha value is -1.66. The average molecular weight is 262 g/mol. The van der Waals surface area contributed by atoms with Crippen LogP contribution in [0.1, 0.15) is 5.56 Å². The van der Waals surface area contributed by atoms with Crippen molar-refractivity contribution in [1.82, 2.24) is 10.3 Å². The van der Waals surface area contributed by atoms with Crippen LogP contribution in [0.15, 0.2) is 28.6 Å². The van der Waals surface area contributed by atoms with Crippen molar-refractivity contribution < 1.29 is 9.59 Å². The van der Waals surface area contributed by atoms with Gasteiger partial charge < -0.3 is 0 Å². The van der Waals surface area contributed by atoms with E-state index in [1.165, 1.54) is 11.3 Å². The molecule has 0 aromatic carbocycles. The first kappa shape index (κ1) is 10.5. The van der Waals surface area contributed by atoms with Crippen molar-refractivity contribution in [2.45, 2.75) is 0 Å². The summed E-state index contributed by atoms with van der Waals surface area (Å²) in [6, 6.07) is 3.80. The minimum absolute atomic E-state index is 0.320. The predicted molar refractivity (Wildman–Crippen MR) is 68.7 cm³/mol. The Morgan fingerprint density at radius 2 is 2.24 bits per heavy atom. The number of nitrogens with one attached hydrogen (secondary N) is 1. The molecule has 0 aliphatic carbocycles. The third kappa shape index (κ3) is 1.85. The summed E-state index contributed by atoms with van der Waals surface area (Å²) >= 11 is 2.44. The molecule has 2 aromatic rings. The predicted octanol–water partition coefficient (Wildman–Crippen LogP) is 2.62. The van der Waals surface area contributed by atoms with Gasteiger partial charge in [-0.1, -0.05) is 0 Å². The largest absolute Gasteiger partial charge is 0.290 e. The fraction of sp³-hybridized carbons (Fsp3) is 0. The molecule has 0 atom stereocenters. The molecule has 0 spiro atoms. The van der Waals surface area contributed by atoms with Gasteiger partial charge in [-0.05, 0) is 35.5 Å². The number of fused-ring (bicyclic) bond motifs is 1. The minimum atomic E-state index is -0.330. The Balaban J connectivity index is 2.08. The topological polar surface area (TPSA) is 59.1 Å². The third-order valence-electron chi connectivity index (χ3n) is 2.31. The van der Waals surface area contributed by atoms with Gasteiger partial charge in [0.1, 0.15) is 4.83 Å². The Labute approximate surface area is 105 Å². The molecule has 3 heterocycles. The lowest BCUT2D eigenvalue weighted by Crippen LogP contribution is -2.17. The molecule has 1 N–H and O–H groups in total. The number of thiophene rings is 1. The van der Waals surface area contributed by atoms with Crippen molar-refractivity contribution in [1.29, 1.82) is 0 Å². The summed E-state index contributed by atoms with van der Waals surface area (Å²) in [6.45, 7) is 0. The van der Waals surface area contributed by atoms with Gasteiger partial charge in [0.15, 0.2) is 0 Å². The van der Waals surface area contributed by atoms with Crippen LogP contribution < -0.4 is 5.32 Å². The Bertz CT molecular complexity index is 660. The van der Waals surface area contributed by atoms with Crippen LogP contribution in [-0.2, 0) is 4.79 Å². The zero-order chi connectivity index (χ0) is 11.8. The van der Waals surface area contributed by atoms with Crippen LogP contribution in [0.25, 0.3) is 16.3 Å². The van der Waals surface area contributed by atoms with Gasteiger partial charge in [-0.25, -0.2) is 4.98 Å². The van der Waals surface area contributed by atoms with E-state index in [0.29, 0.717) is 4.91 Å². The van der Waals surface area contributed by atoms with Crippen LogP contribution in [0.2, 0.25) is 0 Å². The van der Waals surface area contributed by atoms with E-state index >= 15 is 0 Å². The lowest BCUT2D eigenvalue weighted by molar-refractivity contribution is -0.115. The Kier molecular flexibility index (Phi) is 2.45. The second-order valence-electron chi connectivity index (χ2n) is 3.40. The van der Waals surface area contributed by atoms with Crippen molar-refractivity contribution >= 4 is 50.5 Å². The number of imide groups is 1. The molecule has 4 nitrogen and oxygen atoms in total. The summed E-state index contributed by atoms with van der Waals surface area (Å²) in [4.78, 5) is 28.0. The molecule has 1 aliphatic heterocycles. The molecule has 0 bridgehead atoms. The zero-order valence-corrected chi connectivity index (χ0v) is 10.1. The highest BCUT2D eigenvalue weighted by molar-refractivity contribution is 8.18. The molecule has 17 heavy (non-hydrogen) atoms. The van der Waals surface area contributed by atoms with Gasteiger partial charge in [0.05, 0.1) is 4.91 Å². The maximum Gasteiger partial charge on any atom is 0.290 e. The average Bonchev–Trinajstić information content (AvgIpc) is 2.85. The van der Waals surface area contributed by atoms with E-state index in [2.05, 4.69) is 10.3 Å². The lowest BCUT2D eigenvalue weighted by Gasteiger charge is -1.92. The second-order valence-corrected chi connectivity index (χ2v) is 5.27. The van der Waals surface area contributed by atoms with Crippen molar-refractivity contribution in [3.05, 3.63) is 34.2 Å². The van der Waals surface area contributed by atoms with Gasteiger partial charge in [0, 0.05) is 17.0 Å². The molecule has 3 rings (SSSR count). The molecule has 1 saturated heterocycles. The third-order valence-corrected chi connectivity index (χ3v) is 4.04. The number of aromatic nitrogens is 1. The number of pyridine rings is 1. The summed E-state index contributed by atoms with van der Waals surface area (Å²) in [5.41, 5.74) is 0.922. The first-order valence-electron chi connectivity index (χ1n) is 4.81. The van der Waals surface area contributed by atoms with Gasteiger partial charge in [-0.15, -0.1) is 11.3 Å². The Morgan fingerprint density at radius 1 is 1.35 bits per heavy atom. The molecule has 6 heteroatoms. The number of hydrogen-bond donors (Lipinski definition) is 1. The van der Waals surface area contributed by atoms with Gasteiger partial charge >= 0.3 is 0 Å². The summed E-state index contributed by atoms with van der Waals surface area (Å²) in [5, 5.41) is 4.84. The van der Waals surface area contributed by atoms with E-state index in [9.17, 15) is 9.59 Å². The van der Waals surface area contributed by atoms with Crippen molar-refractivity contribution in [2.75, 3.05) is 0 Å². The second kappa shape index (κ2) is 3.97. The SMILES string of the molecule is O=C1NC(=O)/C(=C/c2csc3ncccc23)S1. The normalized spacial score (nSPS) is 18.0. The lowest BCUT2D eigenvalue weighted by atomic mass is 10.2. The maximum absolute atomic E-state index is 11.4. The van der Waals surface area contributed by atoms with Gasteiger partial charge in [-0.2, -0.15) is 0 Å². The summed E-state index contributed by atoms with van der Waals surface area (Å²) < 4.78 is 0. The number of carbonyl (C=O) groups is 2. The van der Waals surface area contributed by atoms with Crippen LogP contribution in [0.3, 0.4) is 0 Å². The molecular weight excluding hydrogens is 256 g/mol. The van der Waals surface area contributed by atoms with Crippen LogP contribution in [0, 0.1) is 0 Å². The van der Waals surface area contributed by atoms with Crippen molar-refractivity contribution in [3.63, 3.8) is 0 Å². The number of rotatable bonds is 1. The fourth-order valence-electron chi connectivity index (χ4n) is 1.56. The molecule has 0 unspecified atom stereocenters. The van der Waals surface area contributed by atoms with Crippen molar-refractivity contribution in [3.8, 4) is 0 Å². The molecule has 0 radical (unpaired) electrons. The van der Waals surface area contributed by atoms with Gasteiger partial charge in [0.2, 0.25) is 0 Å². The van der Waals surface area contributed by atoms with E-state index in [0.717, 1.165) is 27.5 Å². The zero-order valence-electron chi connectivity index (χ0n) is 8.47. The number of carbonyl (C=O) groups excluding carboxylic acids is 2. The molecule has 0 saturated carbocycles. The molecule has 2 aromatic heterocycles. The van der Waals surface area contributed by atoms with E-state index in [-0.39, 0.29) is 11.1 Å². The quantitative estimate of drug-likeness (QED) is 0.803. The number of thioether (sulfide) groups is 1. The minimum Gasteiger partial charge on any atom is -0.282 e. The molecule has 2 amide bonds. The maximum atomic E-state index is 11.4. The van der Waals surface area contributed by atoms with Crippen LogP contribution in [0.5, 0.6) is 0 Å². The summed E-state index contributed by atoms with van der Waals surface area (Å²) in [5.74, 6) is -0.330. The van der Waals surface area contributed by atoms with Crippen molar-refractivity contribution in [2.24, 2.45) is 0 Å². The first-order chi connectivity index (χ1) is 8.24. The highest BCUT2D eigenvalue weighted by Gasteiger charge is 2.25. The van der Waals surface area contributed by atoms with E-state index in [1.807, 2.05) is 17.5 Å². The number of nitrogens with zero attached hydrogens (tertiary/aromatic N) is 1. The van der Waals surface area contributed by atoms with Crippen LogP contribution >= 0.6 is 23.1 Å². The molecule has 1 fully saturated rings. The fourth-order valence-corrected chi connectivity index (χ4v) is 3.10.